The molecule has 0 unspecified atom stereocenters. The van der Waals surface area contributed by atoms with Crippen molar-refractivity contribution in [1.29, 1.82) is 0 Å². The van der Waals surface area contributed by atoms with Crippen molar-refractivity contribution < 1.29 is 42.3 Å². The first-order valence-electron chi connectivity index (χ1n) is 9.52. The number of hydrogen-bond acceptors (Lipinski definition) is 7. The first kappa shape index (κ1) is 23.2. The Labute approximate surface area is 179 Å². The van der Waals surface area contributed by atoms with E-state index in [1.54, 1.807) is 0 Å². The quantitative estimate of drug-likeness (QED) is 0.576. The predicted octanol–water partition coefficient (Wildman–Crippen LogP) is 2.16. The number of nitrogens with zero attached hydrogens (tertiary/aromatic N) is 3. The minimum Gasteiger partial charge on any atom is -0.473 e. The van der Waals surface area contributed by atoms with E-state index in [1.807, 2.05) is 4.90 Å². The lowest BCUT2D eigenvalue weighted by molar-refractivity contribution is -0.159. The maximum absolute atomic E-state index is 12.7. The molecular weight excluding hydrogens is 437 g/mol. The summed E-state index contributed by atoms with van der Waals surface area (Å²) >= 11 is 0. The van der Waals surface area contributed by atoms with E-state index in [4.69, 9.17) is 24.3 Å². The zero-order valence-electron chi connectivity index (χ0n) is 16.5. The lowest BCUT2D eigenvalue weighted by Crippen LogP contribution is -2.48. The molecule has 0 spiro atoms. The van der Waals surface area contributed by atoms with Gasteiger partial charge in [0.2, 0.25) is 11.8 Å². The molecule has 2 aromatic rings. The first-order chi connectivity index (χ1) is 15.0. The van der Waals surface area contributed by atoms with E-state index >= 15 is 0 Å². The van der Waals surface area contributed by atoms with Gasteiger partial charge in [-0.1, -0.05) is 11.2 Å². The minimum absolute atomic E-state index is 0.108. The smallest absolute Gasteiger partial charge is 0.416 e. The maximum Gasteiger partial charge on any atom is 0.416 e. The molecule has 2 fully saturated rings. The van der Waals surface area contributed by atoms with Gasteiger partial charge < -0.3 is 20.1 Å². The van der Waals surface area contributed by atoms with Crippen LogP contribution in [-0.2, 0) is 20.6 Å². The number of aliphatic carboxylic acids is 2. The number of nitrogens with one attached hydrogen (secondary N) is 1. The monoisotopic (exact) mass is 456 g/mol. The maximum atomic E-state index is 12.7. The molecule has 13 heteroatoms. The molecule has 0 atom stereocenters. The van der Waals surface area contributed by atoms with E-state index < -0.39 is 23.7 Å². The topological polar surface area (TPSA) is 146 Å². The second-order valence-corrected chi connectivity index (χ2v) is 7.39. The third kappa shape index (κ3) is 6.26. The van der Waals surface area contributed by atoms with Crippen LogP contribution in [0.2, 0.25) is 0 Å². The van der Waals surface area contributed by atoms with Crippen molar-refractivity contribution in [3.05, 3.63) is 41.5 Å². The largest absolute Gasteiger partial charge is 0.473 e. The van der Waals surface area contributed by atoms with E-state index in [-0.39, 0.29) is 24.1 Å². The molecule has 10 nitrogen and oxygen atoms in total. The number of rotatable bonds is 5. The molecule has 0 bridgehead atoms. The zero-order valence-corrected chi connectivity index (χ0v) is 16.5. The molecule has 32 heavy (non-hydrogen) atoms. The normalized spacial score (nSPS) is 16.5. The summed E-state index contributed by atoms with van der Waals surface area (Å²) in [6, 6.07) is 4.60. The van der Waals surface area contributed by atoms with Crippen molar-refractivity contribution >= 4 is 23.5 Å². The molecule has 1 aliphatic heterocycles. The molecule has 2 aliphatic rings. The van der Waals surface area contributed by atoms with Crippen molar-refractivity contribution in [1.82, 2.24) is 15.0 Å². The molecule has 172 valence electrons. The lowest BCUT2D eigenvalue weighted by Gasteiger charge is -2.36. The standard InChI is InChI=1S/C17H17F3N4O2.C2H2O4/c18-17(19,20)12-2-1-3-13(6-12)21-14(25)9-24-7-11(8-24)16-22-15(23-26-16)10-4-5-10;3-1(4)2(5)6/h1-3,6,10-11H,4-5,7-9H2,(H,21,25);(H,3,4)(H,5,6). The molecule has 1 amide bonds. The van der Waals surface area contributed by atoms with E-state index in [2.05, 4.69) is 15.5 Å². The Morgan fingerprint density at radius 3 is 2.34 bits per heavy atom. The Bertz CT molecular complexity index is 987. The van der Waals surface area contributed by atoms with Gasteiger partial charge in [-0.25, -0.2) is 9.59 Å². The summed E-state index contributed by atoms with van der Waals surface area (Å²) < 4.78 is 43.4. The summed E-state index contributed by atoms with van der Waals surface area (Å²) in [4.78, 5) is 36.5. The lowest BCUT2D eigenvalue weighted by atomic mass is 10.0. The molecule has 1 aromatic carbocycles. The number of carboxylic acids is 2. The van der Waals surface area contributed by atoms with Gasteiger partial charge in [0.1, 0.15) is 0 Å². The Kier molecular flexibility index (Phi) is 6.77. The fourth-order valence-corrected chi connectivity index (χ4v) is 2.95. The average molecular weight is 456 g/mol. The summed E-state index contributed by atoms with van der Waals surface area (Å²) in [5, 5.41) is 21.3. The summed E-state index contributed by atoms with van der Waals surface area (Å²) in [6.07, 6.45) is -2.23. The van der Waals surface area contributed by atoms with Gasteiger partial charge in [-0.2, -0.15) is 18.2 Å². The Balaban J connectivity index is 0.000000427. The van der Waals surface area contributed by atoms with Crippen LogP contribution in [-0.4, -0.2) is 62.7 Å². The number of aromatic nitrogens is 2. The second-order valence-electron chi connectivity index (χ2n) is 7.39. The van der Waals surface area contributed by atoms with Crippen molar-refractivity contribution in [2.24, 2.45) is 0 Å². The predicted molar refractivity (Wildman–Crippen MR) is 101 cm³/mol. The Hall–Kier alpha value is -3.48. The molecule has 1 saturated heterocycles. The van der Waals surface area contributed by atoms with E-state index in [0.29, 0.717) is 24.9 Å². The average Bonchev–Trinajstić information content (AvgIpc) is 3.42. The number of amides is 1. The van der Waals surface area contributed by atoms with Crippen LogP contribution >= 0.6 is 0 Å². The van der Waals surface area contributed by atoms with Gasteiger partial charge in [-0.3, -0.25) is 9.69 Å². The molecule has 2 heterocycles. The molecule has 1 saturated carbocycles. The molecule has 1 aromatic heterocycles. The highest BCUT2D eigenvalue weighted by atomic mass is 19.4. The molecule has 4 rings (SSSR count). The van der Waals surface area contributed by atoms with Crippen molar-refractivity contribution in [2.75, 3.05) is 25.0 Å². The van der Waals surface area contributed by atoms with Crippen LogP contribution in [0.3, 0.4) is 0 Å². The summed E-state index contributed by atoms with van der Waals surface area (Å²) in [5.41, 5.74) is -0.657. The number of benzene rings is 1. The number of carboxylic acid groups (broad SMARTS) is 2. The van der Waals surface area contributed by atoms with Crippen LogP contribution in [0.1, 0.15) is 42.0 Å². The number of carbonyl (C=O) groups is 3. The number of carbonyl (C=O) groups excluding carboxylic acids is 1. The molecular formula is C19H19F3N4O6. The van der Waals surface area contributed by atoms with E-state index in [9.17, 15) is 18.0 Å². The first-order valence-corrected chi connectivity index (χ1v) is 9.52. The van der Waals surface area contributed by atoms with Crippen molar-refractivity contribution in [2.45, 2.75) is 30.9 Å². The fourth-order valence-electron chi connectivity index (χ4n) is 2.95. The zero-order chi connectivity index (χ0) is 23.5. The second kappa shape index (κ2) is 9.34. The summed E-state index contributed by atoms with van der Waals surface area (Å²) in [5.74, 6) is -2.10. The van der Waals surface area contributed by atoms with E-state index in [1.165, 1.54) is 12.1 Å². The SMILES string of the molecule is O=C(CN1CC(c2nc(C3CC3)no2)C1)Nc1cccc(C(F)(F)F)c1.O=C(O)C(=O)O. The number of hydrogen-bond donors (Lipinski definition) is 3. The van der Waals surface area contributed by atoms with Gasteiger partial charge in [0.25, 0.3) is 0 Å². The molecule has 3 N–H and O–H groups in total. The number of anilines is 1. The van der Waals surface area contributed by atoms with Gasteiger partial charge in [-0.05, 0) is 31.0 Å². The Morgan fingerprint density at radius 1 is 1.12 bits per heavy atom. The highest BCUT2D eigenvalue weighted by molar-refractivity contribution is 6.27. The number of alkyl halides is 3. The number of halogens is 3. The fraction of sp³-hybridized carbons (Fsp3) is 0.421. The Morgan fingerprint density at radius 2 is 1.78 bits per heavy atom. The number of likely N-dealkylation sites (tertiary alicyclic amines) is 1. The van der Waals surface area contributed by atoms with Crippen molar-refractivity contribution in [3.63, 3.8) is 0 Å². The van der Waals surface area contributed by atoms with Crippen LogP contribution in [0.5, 0.6) is 0 Å². The van der Waals surface area contributed by atoms with Gasteiger partial charge >= 0.3 is 18.1 Å². The molecule has 0 radical (unpaired) electrons. The van der Waals surface area contributed by atoms with Gasteiger partial charge in [-0.15, -0.1) is 0 Å². The third-order valence-electron chi connectivity index (χ3n) is 4.73. The minimum atomic E-state index is -4.44. The van der Waals surface area contributed by atoms with E-state index in [0.717, 1.165) is 30.8 Å². The summed E-state index contributed by atoms with van der Waals surface area (Å²) in [7, 11) is 0. The third-order valence-corrected chi connectivity index (χ3v) is 4.73. The van der Waals surface area contributed by atoms with Crippen LogP contribution in [0.15, 0.2) is 28.8 Å². The van der Waals surface area contributed by atoms with Crippen LogP contribution in [0, 0.1) is 0 Å². The molecule has 1 aliphatic carbocycles. The van der Waals surface area contributed by atoms with Crippen LogP contribution in [0.25, 0.3) is 0 Å². The van der Waals surface area contributed by atoms with Crippen LogP contribution in [0.4, 0.5) is 18.9 Å². The van der Waals surface area contributed by atoms with Crippen LogP contribution < -0.4 is 5.32 Å². The highest BCUT2D eigenvalue weighted by Crippen LogP contribution is 2.39. The summed E-state index contributed by atoms with van der Waals surface area (Å²) in [6.45, 7) is 1.33. The van der Waals surface area contributed by atoms with Gasteiger partial charge in [0.05, 0.1) is 18.0 Å². The van der Waals surface area contributed by atoms with Crippen molar-refractivity contribution in [3.8, 4) is 0 Å². The highest BCUT2D eigenvalue weighted by Gasteiger charge is 2.36. The van der Waals surface area contributed by atoms with Gasteiger partial charge in [0.15, 0.2) is 5.82 Å². The van der Waals surface area contributed by atoms with Gasteiger partial charge in [0, 0.05) is 24.7 Å².